The molecule has 0 saturated heterocycles. The molecule has 2 aromatic carbocycles. The van der Waals surface area contributed by atoms with Crippen molar-refractivity contribution in [3.05, 3.63) is 53.6 Å². The third-order valence-electron chi connectivity index (χ3n) is 3.14. The highest BCUT2D eigenvalue weighted by molar-refractivity contribution is 7.91. The van der Waals surface area contributed by atoms with Crippen LogP contribution in [0, 0.1) is 0 Å². The number of ether oxygens (including phenoxy) is 1. The third kappa shape index (κ3) is 1.58. The van der Waals surface area contributed by atoms with Crippen LogP contribution in [0.25, 0.3) is 0 Å². The van der Waals surface area contributed by atoms with Gasteiger partial charge in [0.25, 0.3) is 0 Å². The highest BCUT2D eigenvalue weighted by atomic mass is 32.2. The number of fused-ring (bicyclic) bond motifs is 2. The lowest BCUT2D eigenvalue weighted by Gasteiger charge is -2.18. The van der Waals surface area contributed by atoms with Crippen LogP contribution in [0.2, 0.25) is 0 Å². The van der Waals surface area contributed by atoms with Gasteiger partial charge in [0.1, 0.15) is 5.75 Å². The van der Waals surface area contributed by atoms with Gasteiger partial charge < -0.3 is 4.74 Å². The largest absolute Gasteiger partial charge is 0.497 e. The molecule has 3 rings (SSSR count). The molecule has 0 amide bonds. The lowest BCUT2D eigenvalue weighted by Crippen LogP contribution is -2.20. The molecule has 96 valence electrons. The topological polar surface area (TPSA) is 60.4 Å². The van der Waals surface area contributed by atoms with Crippen LogP contribution in [-0.2, 0) is 9.84 Å². The second-order valence-corrected chi connectivity index (χ2v) is 6.08. The van der Waals surface area contributed by atoms with Crippen LogP contribution in [-0.4, -0.2) is 21.3 Å². The molecule has 0 aliphatic carbocycles. The quantitative estimate of drug-likeness (QED) is 0.681. The summed E-state index contributed by atoms with van der Waals surface area (Å²) in [6.07, 6.45) is 0. The van der Waals surface area contributed by atoms with Gasteiger partial charge in [-0.2, -0.15) is 0 Å². The van der Waals surface area contributed by atoms with Crippen molar-refractivity contribution in [2.24, 2.45) is 0 Å². The molecule has 0 spiro atoms. The summed E-state index contributed by atoms with van der Waals surface area (Å²) in [5.74, 6) is 0.168. The maximum Gasteiger partial charge on any atom is 0.208 e. The summed E-state index contributed by atoms with van der Waals surface area (Å²) in [7, 11) is -2.17. The zero-order valence-corrected chi connectivity index (χ0v) is 10.9. The first-order valence-electron chi connectivity index (χ1n) is 5.62. The van der Waals surface area contributed by atoms with Crippen molar-refractivity contribution in [2.45, 2.75) is 9.79 Å². The smallest absolute Gasteiger partial charge is 0.208 e. The molecule has 1 aliphatic rings. The number of methoxy groups -OCH3 is 1. The second-order valence-electron chi connectivity index (χ2n) is 4.19. The summed E-state index contributed by atoms with van der Waals surface area (Å²) >= 11 is 0. The van der Waals surface area contributed by atoms with Crippen molar-refractivity contribution in [3.8, 4) is 5.75 Å². The van der Waals surface area contributed by atoms with Crippen LogP contribution >= 0.6 is 0 Å². The van der Waals surface area contributed by atoms with E-state index in [0.29, 0.717) is 5.75 Å². The average Bonchev–Trinajstić information content (AvgIpc) is 2.44. The van der Waals surface area contributed by atoms with Gasteiger partial charge in [0.2, 0.25) is 9.84 Å². The third-order valence-corrected chi connectivity index (χ3v) is 5.01. The van der Waals surface area contributed by atoms with E-state index in [-0.39, 0.29) is 26.7 Å². The number of carbonyl (C=O) groups is 1. The molecule has 0 atom stereocenters. The van der Waals surface area contributed by atoms with E-state index in [0.717, 1.165) is 0 Å². The van der Waals surface area contributed by atoms with Gasteiger partial charge >= 0.3 is 0 Å². The van der Waals surface area contributed by atoms with Crippen LogP contribution in [0.1, 0.15) is 15.9 Å². The summed E-state index contributed by atoms with van der Waals surface area (Å²) in [5.41, 5.74) is 0.376. The fourth-order valence-electron chi connectivity index (χ4n) is 2.20. The van der Waals surface area contributed by atoms with Crippen molar-refractivity contribution in [2.75, 3.05) is 7.11 Å². The summed E-state index contributed by atoms with van der Waals surface area (Å²) in [4.78, 5) is 12.5. The minimum Gasteiger partial charge on any atom is -0.497 e. The number of sulfone groups is 1. The summed E-state index contributed by atoms with van der Waals surface area (Å²) in [6.45, 7) is 0. The number of ketones is 1. The maximum absolute atomic E-state index is 12.4. The molecule has 1 aliphatic heterocycles. The Morgan fingerprint density at radius 1 is 0.947 bits per heavy atom. The Bertz CT molecular complexity index is 791. The predicted molar refractivity (Wildman–Crippen MR) is 68.3 cm³/mol. The second kappa shape index (κ2) is 3.93. The summed E-state index contributed by atoms with van der Waals surface area (Å²) in [5, 5.41) is 0. The fraction of sp³-hybridized carbons (Fsp3) is 0.0714. The minimum atomic E-state index is -3.64. The van der Waals surface area contributed by atoms with Gasteiger partial charge in [0.05, 0.1) is 16.9 Å². The Balaban J connectivity index is 2.38. The molecule has 0 unspecified atom stereocenters. The molecule has 4 nitrogen and oxygen atoms in total. The normalized spacial score (nSPS) is 15.5. The molecule has 0 bridgehead atoms. The molecule has 0 radical (unpaired) electrons. The van der Waals surface area contributed by atoms with Crippen molar-refractivity contribution in [1.82, 2.24) is 0 Å². The van der Waals surface area contributed by atoms with Crippen molar-refractivity contribution in [3.63, 3.8) is 0 Å². The van der Waals surface area contributed by atoms with E-state index >= 15 is 0 Å². The fourth-order valence-corrected chi connectivity index (χ4v) is 3.83. The van der Waals surface area contributed by atoms with Gasteiger partial charge in [-0.25, -0.2) is 8.42 Å². The van der Waals surface area contributed by atoms with Crippen LogP contribution in [0.4, 0.5) is 0 Å². The van der Waals surface area contributed by atoms with E-state index in [1.807, 2.05) is 0 Å². The number of hydrogen-bond acceptors (Lipinski definition) is 4. The van der Waals surface area contributed by atoms with Crippen LogP contribution in [0.15, 0.2) is 52.3 Å². The van der Waals surface area contributed by atoms with Gasteiger partial charge in [0, 0.05) is 11.1 Å². The standard InChI is InChI=1S/C14H10O4S/c1-18-9-6-7-13-11(8-9)14(15)10-4-2-3-5-12(10)19(13,16)17/h2-8H,1H3. The maximum atomic E-state index is 12.4. The van der Waals surface area contributed by atoms with E-state index in [4.69, 9.17) is 4.74 Å². The van der Waals surface area contributed by atoms with Gasteiger partial charge in [0.15, 0.2) is 5.78 Å². The molecule has 19 heavy (non-hydrogen) atoms. The van der Waals surface area contributed by atoms with Gasteiger partial charge in [-0.3, -0.25) is 4.79 Å². The molecule has 0 fully saturated rings. The lowest BCUT2D eigenvalue weighted by molar-refractivity contribution is 0.103. The van der Waals surface area contributed by atoms with Crippen LogP contribution in [0.3, 0.4) is 0 Å². The first-order valence-corrected chi connectivity index (χ1v) is 7.11. The van der Waals surface area contributed by atoms with E-state index in [1.165, 1.54) is 37.4 Å². The number of hydrogen-bond donors (Lipinski definition) is 0. The number of benzene rings is 2. The molecule has 0 N–H and O–H groups in total. The van der Waals surface area contributed by atoms with Gasteiger partial charge in [-0.05, 0) is 30.3 Å². The molecule has 2 aromatic rings. The van der Waals surface area contributed by atoms with E-state index < -0.39 is 9.84 Å². The molecule has 0 saturated carbocycles. The monoisotopic (exact) mass is 274 g/mol. The molecular formula is C14H10O4S. The van der Waals surface area contributed by atoms with Crippen molar-refractivity contribution >= 4 is 15.6 Å². The SMILES string of the molecule is COc1ccc2c(c1)C(=O)c1ccccc1S2(=O)=O. The Morgan fingerprint density at radius 3 is 2.37 bits per heavy atom. The lowest BCUT2D eigenvalue weighted by atomic mass is 10.0. The van der Waals surface area contributed by atoms with Crippen LogP contribution < -0.4 is 4.74 Å². The van der Waals surface area contributed by atoms with Gasteiger partial charge in [-0.1, -0.05) is 12.1 Å². The number of carbonyl (C=O) groups excluding carboxylic acids is 1. The van der Waals surface area contributed by atoms with E-state index in [9.17, 15) is 13.2 Å². The molecular weight excluding hydrogens is 264 g/mol. The van der Waals surface area contributed by atoms with Gasteiger partial charge in [-0.15, -0.1) is 0 Å². The first-order chi connectivity index (χ1) is 9.05. The molecule has 1 heterocycles. The molecule has 5 heteroatoms. The van der Waals surface area contributed by atoms with E-state index in [1.54, 1.807) is 12.1 Å². The first kappa shape index (κ1) is 11.9. The molecule has 0 aromatic heterocycles. The highest BCUT2D eigenvalue weighted by Crippen LogP contribution is 2.35. The Morgan fingerprint density at radius 2 is 1.63 bits per heavy atom. The summed E-state index contributed by atoms with van der Waals surface area (Å²) < 4.78 is 29.9. The number of rotatable bonds is 1. The van der Waals surface area contributed by atoms with Crippen molar-refractivity contribution < 1.29 is 17.9 Å². The Labute approximate surface area is 110 Å². The minimum absolute atomic E-state index is 0.0389. The Hall–Kier alpha value is -2.14. The Kier molecular flexibility index (Phi) is 2.46. The summed E-state index contributed by atoms with van der Waals surface area (Å²) in [6, 6.07) is 10.7. The zero-order valence-electron chi connectivity index (χ0n) is 10.1. The zero-order chi connectivity index (χ0) is 13.6. The predicted octanol–water partition coefficient (Wildman–Crippen LogP) is 2.07. The van der Waals surface area contributed by atoms with Crippen LogP contribution in [0.5, 0.6) is 5.75 Å². The highest BCUT2D eigenvalue weighted by Gasteiger charge is 2.34. The average molecular weight is 274 g/mol. The van der Waals surface area contributed by atoms with E-state index in [2.05, 4.69) is 0 Å². The van der Waals surface area contributed by atoms with Crippen molar-refractivity contribution in [1.29, 1.82) is 0 Å².